The Morgan fingerprint density at radius 2 is 1.74 bits per heavy atom. The van der Waals surface area contributed by atoms with Crippen LogP contribution in [0, 0.1) is 0 Å². The highest BCUT2D eigenvalue weighted by atomic mass is 19.4. The van der Waals surface area contributed by atoms with Gasteiger partial charge in [0.1, 0.15) is 11.3 Å². The highest BCUT2D eigenvalue weighted by molar-refractivity contribution is 5.74. The molecule has 0 atom stereocenters. The molecule has 0 unspecified atom stereocenters. The first-order valence-corrected chi connectivity index (χ1v) is 12.2. The second-order valence-electron chi connectivity index (χ2n) is 9.36. The second kappa shape index (κ2) is 9.55. The first-order valence-electron chi connectivity index (χ1n) is 12.2. The summed E-state index contributed by atoms with van der Waals surface area (Å²) >= 11 is 0. The maximum Gasteiger partial charge on any atom is 0.434 e. The summed E-state index contributed by atoms with van der Waals surface area (Å²) in [5.41, 5.74) is 2.98. The predicted octanol–water partition coefficient (Wildman–Crippen LogP) is 5.27. The third-order valence-corrected chi connectivity index (χ3v) is 6.42. The number of nitrogens with zero attached hydrogens (tertiary/aromatic N) is 7. The van der Waals surface area contributed by atoms with E-state index in [2.05, 4.69) is 15.0 Å². The molecule has 0 fully saturated rings. The number of aromatic nitrogens is 7. The summed E-state index contributed by atoms with van der Waals surface area (Å²) < 4.78 is 43.8. The van der Waals surface area contributed by atoms with Crippen molar-refractivity contribution in [3.63, 3.8) is 0 Å². The Bertz CT molecular complexity index is 1680. The van der Waals surface area contributed by atoms with Crippen molar-refractivity contribution < 1.29 is 13.2 Å². The van der Waals surface area contributed by atoms with Crippen molar-refractivity contribution in [1.29, 1.82) is 0 Å². The number of imidazole rings is 2. The van der Waals surface area contributed by atoms with Crippen molar-refractivity contribution in [3.05, 3.63) is 82.4 Å². The largest absolute Gasteiger partial charge is 0.434 e. The molecule has 0 saturated carbocycles. The highest BCUT2D eigenvalue weighted by Crippen LogP contribution is 2.31. The molecular weight excluding hydrogens is 495 g/mol. The van der Waals surface area contributed by atoms with Crippen LogP contribution in [0.1, 0.15) is 43.6 Å². The SMILES string of the molecule is CCn1c(=O)n(Cc2ccc(-c3nc(C(F)(F)F)cn3C)cc2)c2nc(-c3cccnc3C(C)C)ncc21. The van der Waals surface area contributed by atoms with Crippen LogP contribution in [0.15, 0.2) is 59.8 Å². The summed E-state index contributed by atoms with van der Waals surface area (Å²) in [6, 6.07) is 10.7. The normalized spacial score (nSPS) is 12.1. The van der Waals surface area contributed by atoms with Crippen molar-refractivity contribution in [2.75, 3.05) is 0 Å². The molecule has 196 valence electrons. The molecule has 0 N–H and O–H groups in total. The molecule has 4 aromatic heterocycles. The number of fused-ring (bicyclic) bond motifs is 1. The first-order chi connectivity index (χ1) is 18.1. The molecule has 0 aliphatic heterocycles. The van der Waals surface area contributed by atoms with Crippen molar-refractivity contribution in [1.82, 2.24) is 33.6 Å². The van der Waals surface area contributed by atoms with Crippen LogP contribution in [0.25, 0.3) is 33.9 Å². The summed E-state index contributed by atoms with van der Waals surface area (Å²) in [5.74, 6) is 0.859. The Morgan fingerprint density at radius 3 is 2.37 bits per heavy atom. The second-order valence-corrected chi connectivity index (χ2v) is 9.36. The number of pyridine rings is 1. The number of rotatable bonds is 6. The third kappa shape index (κ3) is 4.48. The summed E-state index contributed by atoms with van der Waals surface area (Å²) in [5, 5.41) is 0. The van der Waals surface area contributed by atoms with Crippen LogP contribution in [0.4, 0.5) is 13.2 Å². The van der Waals surface area contributed by atoms with Gasteiger partial charge in [-0.05, 0) is 30.5 Å². The summed E-state index contributed by atoms with van der Waals surface area (Å²) in [7, 11) is 1.52. The van der Waals surface area contributed by atoms with E-state index in [-0.39, 0.29) is 24.0 Å². The lowest BCUT2D eigenvalue weighted by Gasteiger charge is -2.10. The van der Waals surface area contributed by atoms with E-state index >= 15 is 0 Å². The van der Waals surface area contributed by atoms with Crippen LogP contribution in [0.2, 0.25) is 0 Å². The van der Waals surface area contributed by atoms with Crippen molar-refractivity contribution in [3.8, 4) is 22.8 Å². The number of hydrogen-bond acceptors (Lipinski definition) is 5. The summed E-state index contributed by atoms with van der Waals surface area (Å²) in [6.07, 6.45) is -0.151. The molecule has 0 spiro atoms. The molecule has 38 heavy (non-hydrogen) atoms. The van der Waals surface area contributed by atoms with Crippen LogP contribution in [0.5, 0.6) is 0 Å². The van der Waals surface area contributed by atoms with E-state index in [9.17, 15) is 18.0 Å². The van der Waals surface area contributed by atoms with E-state index in [4.69, 9.17) is 4.98 Å². The van der Waals surface area contributed by atoms with Crippen molar-refractivity contribution >= 4 is 11.2 Å². The molecule has 0 amide bonds. The molecule has 0 aliphatic carbocycles. The molecule has 0 saturated heterocycles. The fraction of sp³-hybridized carbons (Fsp3) is 0.296. The maximum absolute atomic E-state index is 13.3. The van der Waals surface area contributed by atoms with Crippen LogP contribution < -0.4 is 5.69 Å². The van der Waals surface area contributed by atoms with Gasteiger partial charge in [0.05, 0.1) is 18.4 Å². The van der Waals surface area contributed by atoms with Crippen LogP contribution in [-0.4, -0.2) is 33.6 Å². The number of aryl methyl sites for hydroxylation is 2. The van der Waals surface area contributed by atoms with E-state index < -0.39 is 11.9 Å². The number of alkyl halides is 3. The molecular formula is C27H26F3N7O. The third-order valence-electron chi connectivity index (χ3n) is 6.42. The molecule has 8 nitrogen and oxygen atoms in total. The van der Waals surface area contributed by atoms with E-state index in [1.807, 2.05) is 32.9 Å². The Kier molecular flexibility index (Phi) is 6.38. The van der Waals surface area contributed by atoms with Crippen LogP contribution in [0.3, 0.4) is 0 Å². The standard InChI is InChI=1S/C27H26F3N7O/c1-5-36-20-13-32-23(19-7-6-12-31-22(19)16(2)3)34-25(20)37(26(36)38)14-17-8-10-18(11-9-17)24-33-21(15-35(24)4)27(28,29)30/h6-13,15-16H,5,14H2,1-4H3. The van der Waals surface area contributed by atoms with E-state index in [1.54, 1.807) is 45.8 Å². The molecule has 0 aliphatic rings. The number of halogens is 3. The lowest BCUT2D eigenvalue weighted by atomic mass is 10.0. The number of hydrogen-bond donors (Lipinski definition) is 0. The average Bonchev–Trinajstić information content (AvgIpc) is 3.41. The Hall–Kier alpha value is -4.28. The minimum atomic E-state index is -4.52. The van der Waals surface area contributed by atoms with Gasteiger partial charge in [-0.15, -0.1) is 0 Å². The van der Waals surface area contributed by atoms with Gasteiger partial charge in [0, 0.05) is 37.1 Å². The zero-order valence-electron chi connectivity index (χ0n) is 21.4. The average molecular weight is 522 g/mol. The quantitative estimate of drug-likeness (QED) is 0.304. The van der Waals surface area contributed by atoms with Gasteiger partial charge in [-0.3, -0.25) is 14.1 Å². The summed E-state index contributed by atoms with van der Waals surface area (Å²) in [6.45, 7) is 6.67. The maximum atomic E-state index is 13.3. The lowest BCUT2D eigenvalue weighted by Crippen LogP contribution is -2.24. The van der Waals surface area contributed by atoms with E-state index in [0.717, 1.165) is 23.0 Å². The van der Waals surface area contributed by atoms with Gasteiger partial charge >= 0.3 is 11.9 Å². The van der Waals surface area contributed by atoms with Gasteiger partial charge < -0.3 is 4.57 Å². The highest BCUT2D eigenvalue weighted by Gasteiger charge is 2.34. The van der Waals surface area contributed by atoms with E-state index in [1.165, 1.54) is 11.6 Å². The van der Waals surface area contributed by atoms with Crippen LogP contribution >= 0.6 is 0 Å². The van der Waals surface area contributed by atoms with Gasteiger partial charge in [0.2, 0.25) is 0 Å². The fourth-order valence-corrected chi connectivity index (χ4v) is 4.55. The molecule has 4 heterocycles. The molecule has 5 aromatic rings. The molecule has 1 aromatic carbocycles. The monoisotopic (exact) mass is 521 g/mol. The number of benzene rings is 1. The smallest absolute Gasteiger partial charge is 0.333 e. The minimum absolute atomic E-state index is 0.164. The predicted molar refractivity (Wildman–Crippen MR) is 138 cm³/mol. The van der Waals surface area contributed by atoms with Gasteiger partial charge in [-0.1, -0.05) is 38.1 Å². The summed E-state index contributed by atoms with van der Waals surface area (Å²) in [4.78, 5) is 30.9. The van der Waals surface area contributed by atoms with Crippen molar-refractivity contribution in [2.24, 2.45) is 7.05 Å². The fourth-order valence-electron chi connectivity index (χ4n) is 4.55. The van der Waals surface area contributed by atoms with Gasteiger partial charge in [0.15, 0.2) is 17.2 Å². The Labute approximate surface area is 216 Å². The Balaban J connectivity index is 1.54. The lowest BCUT2D eigenvalue weighted by molar-refractivity contribution is -0.140. The molecule has 5 rings (SSSR count). The Morgan fingerprint density at radius 1 is 1.00 bits per heavy atom. The zero-order valence-corrected chi connectivity index (χ0v) is 21.4. The van der Waals surface area contributed by atoms with Crippen molar-refractivity contribution in [2.45, 2.75) is 46.0 Å². The van der Waals surface area contributed by atoms with Gasteiger partial charge in [-0.2, -0.15) is 13.2 Å². The first kappa shape index (κ1) is 25.4. The molecule has 11 heteroatoms. The van der Waals surface area contributed by atoms with Gasteiger partial charge in [-0.25, -0.2) is 19.7 Å². The zero-order chi connectivity index (χ0) is 27.2. The molecule has 0 radical (unpaired) electrons. The topological polar surface area (TPSA) is 83.4 Å². The molecule has 0 bridgehead atoms. The van der Waals surface area contributed by atoms with E-state index in [0.29, 0.717) is 29.1 Å². The minimum Gasteiger partial charge on any atom is -0.333 e. The van der Waals surface area contributed by atoms with Gasteiger partial charge in [0.25, 0.3) is 0 Å². The van der Waals surface area contributed by atoms with Crippen LogP contribution in [-0.2, 0) is 26.3 Å².